The molecule has 1 N–H and O–H groups in total. The first-order valence-electron chi connectivity index (χ1n) is 15.1. The topological polar surface area (TPSA) is 95.1 Å². The number of hydrogen-bond donors (Lipinski definition) is 1. The van der Waals surface area contributed by atoms with Crippen molar-refractivity contribution in [1.29, 1.82) is 0 Å². The number of nitrogens with zero attached hydrogens (tertiary/aromatic N) is 4. The van der Waals surface area contributed by atoms with Gasteiger partial charge in [0, 0.05) is 55.1 Å². The van der Waals surface area contributed by atoms with Crippen LogP contribution in [-0.4, -0.2) is 96.9 Å². The molecule has 0 radical (unpaired) electrons. The number of thiazole rings is 1. The van der Waals surface area contributed by atoms with Crippen LogP contribution in [-0.2, 0) is 14.3 Å². The second kappa shape index (κ2) is 12.7. The quantitative estimate of drug-likeness (QED) is 0.438. The number of amides is 1. The Hall–Kier alpha value is -3.13. The van der Waals surface area contributed by atoms with Crippen molar-refractivity contribution in [3.63, 3.8) is 0 Å². The van der Waals surface area contributed by atoms with Crippen LogP contribution in [0.15, 0.2) is 35.7 Å². The van der Waals surface area contributed by atoms with E-state index in [0.717, 1.165) is 56.6 Å². The van der Waals surface area contributed by atoms with Crippen LogP contribution < -0.4 is 10.2 Å². The Kier molecular flexibility index (Phi) is 8.91. The third-order valence-electron chi connectivity index (χ3n) is 9.61. The van der Waals surface area contributed by atoms with Gasteiger partial charge in [0.25, 0.3) is 5.91 Å². The van der Waals surface area contributed by atoms with Gasteiger partial charge in [-0.3, -0.25) is 19.3 Å². The van der Waals surface area contributed by atoms with E-state index in [4.69, 9.17) is 4.74 Å². The molecule has 4 fully saturated rings. The Morgan fingerprint density at radius 2 is 1.93 bits per heavy atom. The number of piperazine rings is 1. The summed E-state index contributed by atoms with van der Waals surface area (Å²) in [5.74, 6) is -4.30. The summed E-state index contributed by atoms with van der Waals surface area (Å²) in [5.41, 5.74) is -0.996. The first-order chi connectivity index (χ1) is 21.3. The molecule has 1 aromatic heterocycles. The highest BCUT2D eigenvalue weighted by Crippen LogP contribution is 2.44. The van der Waals surface area contributed by atoms with E-state index in [0.29, 0.717) is 24.8 Å². The number of likely N-dealkylation sites (N-methyl/N-ethyl adjacent to an activating group) is 1. The summed E-state index contributed by atoms with van der Waals surface area (Å²) >= 11 is 1.44. The number of ether oxygens (including phenoxy) is 1. The SMILES string of the molecule is CN1CCN(c2nc(-c3ccc(C(=O)NC(C=O)(C4CCCCC4)N4CC(/C(F)=C/F)C5OCC(=O)C54)cc3F)cs2)CC1. The minimum Gasteiger partial charge on any atom is -0.367 e. The summed E-state index contributed by atoms with van der Waals surface area (Å²) in [5, 5.41) is 5.44. The van der Waals surface area contributed by atoms with Crippen molar-refractivity contribution in [2.45, 2.75) is 49.9 Å². The molecule has 0 spiro atoms. The highest BCUT2D eigenvalue weighted by Gasteiger charge is 2.60. The Balaban J connectivity index is 1.28. The molecule has 9 nitrogen and oxygen atoms in total. The molecule has 1 saturated carbocycles. The third kappa shape index (κ3) is 5.59. The number of fused-ring (bicyclic) bond motifs is 1. The Morgan fingerprint density at radius 1 is 1.18 bits per heavy atom. The molecule has 4 heterocycles. The van der Waals surface area contributed by atoms with Gasteiger partial charge in [-0.1, -0.05) is 19.3 Å². The van der Waals surface area contributed by atoms with Gasteiger partial charge in [-0.15, -0.1) is 11.3 Å². The molecule has 1 aromatic carbocycles. The van der Waals surface area contributed by atoms with Crippen molar-refractivity contribution >= 4 is 34.4 Å². The Bertz CT molecular complexity index is 1440. The normalized spacial score (nSPS) is 26.9. The smallest absolute Gasteiger partial charge is 0.253 e. The van der Waals surface area contributed by atoms with Crippen molar-refractivity contribution in [3.05, 3.63) is 47.1 Å². The maximum Gasteiger partial charge on any atom is 0.253 e. The minimum absolute atomic E-state index is 0.0149. The second-order valence-corrected chi connectivity index (χ2v) is 13.0. The number of carbonyl (C=O) groups is 3. The third-order valence-corrected chi connectivity index (χ3v) is 10.5. The van der Waals surface area contributed by atoms with E-state index < -0.39 is 47.2 Å². The van der Waals surface area contributed by atoms with Gasteiger partial charge in [-0.05, 0) is 38.1 Å². The van der Waals surface area contributed by atoms with Crippen LogP contribution in [0.3, 0.4) is 0 Å². The van der Waals surface area contributed by atoms with Crippen LogP contribution in [0, 0.1) is 17.7 Å². The van der Waals surface area contributed by atoms with Crippen LogP contribution in [0.1, 0.15) is 42.5 Å². The maximum atomic E-state index is 15.5. The molecular formula is C31H36F3N5O4S. The van der Waals surface area contributed by atoms with Crippen molar-refractivity contribution in [1.82, 2.24) is 20.1 Å². The van der Waals surface area contributed by atoms with E-state index in [1.54, 1.807) is 5.38 Å². The predicted molar refractivity (Wildman–Crippen MR) is 159 cm³/mol. The zero-order chi connectivity index (χ0) is 31.0. The molecule has 236 valence electrons. The lowest BCUT2D eigenvalue weighted by atomic mass is 9.78. The van der Waals surface area contributed by atoms with Crippen LogP contribution >= 0.6 is 11.3 Å². The minimum atomic E-state index is -1.70. The van der Waals surface area contributed by atoms with Gasteiger partial charge in [-0.25, -0.2) is 18.2 Å². The lowest BCUT2D eigenvalue weighted by Crippen LogP contribution is -2.68. The van der Waals surface area contributed by atoms with E-state index in [-0.39, 0.29) is 36.4 Å². The first-order valence-corrected chi connectivity index (χ1v) is 16.0. The van der Waals surface area contributed by atoms with Gasteiger partial charge in [0.2, 0.25) is 0 Å². The van der Waals surface area contributed by atoms with Crippen molar-refractivity contribution in [2.24, 2.45) is 11.8 Å². The summed E-state index contributed by atoms with van der Waals surface area (Å²) in [4.78, 5) is 50.4. The fourth-order valence-electron chi connectivity index (χ4n) is 7.15. The van der Waals surface area contributed by atoms with Gasteiger partial charge < -0.3 is 19.9 Å². The molecule has 2 aromatic rings. The number of rotatable bonds is 8. The number of Topliss-reactive ketones (excluding diaryl/α,β-unsaturated/α-hetero) is 1. The average Bonchev–Trinajstić information content (AvgIpc) is 3.78. The molecule has 44 heavy (non-hydrogen) atoms. The molecule has 13 heteroatoms. The zero-order valence-corrected chi connectivity index (χ0v) is 25.3. The van der Waals surface area contributed by atoms with Crippen LogP contribution in [0.5, 0.6) is 0 Å². The highest BCUT2D eigenvalue weighted by atomic mass is 32.1. The van der Waals surface area contributed by atoms with Gasteiger partial charge in [0.1, 0.15) is 30.6 Å². The number of hydrogen-bond acceptors (Lipinski definition) is 9. The molecule has 1 amide bonds. The van der Waals surface area contributed by atoms with E-state index in [9.17, 15) is 23.2 Å². The number of likely N-dealkylation sites (tertiary alicyclic amines) is 1. The highest BCUT2D eigenvalue weighted by molar-refractivity contribution is 7.14. The number of aromatic nitrogens is 1. The standard InChI is InChI=1S/C31H36F3N5O4S/c1-37-9-11-38(12-10-37)30-35-25(17-44-30)21-8-7-19(13-23(21)33)29(42)36-31(18-40,20-5-3-2-4-6-20)39-15-22(24(34)14-32)28-27(39)26(41)16-43-28/h7-8,13-14,17-18,20,22,27-28H,2-6,9-12,15-16H2,1H3,(H,36,42)/b24-14-. The van der Waals surface area contributed by atoms with Crippen LogP contribution in [0.25, 0.3) is 11.3 Å². The molecular weight excluding hydrogens is 595 g/mol. The predicted octanol–water partition coefficient (Wildman–Crippen LogP) is 3.96. The number of anilines is 1. The van der Waals surface area contributed by atoms with Crippen LogP contribution in [0.2, 0.25) is 0 Å². The molecule has 4 atom stereocenters. The summed E-state index contributed by atoms with van der Waals surface area (Å²) in [6.07, 6.45) is 3.19. The average molecular weight is 632 g/mol. The molecule has 1 aliphatic carbocycles. The van der Waals surface area contributed by atoms with Crippen molar-refractivity contribution < 1.29 is 32.3 Å². The van der Waals surface area contributed by atoms with Gasteiger partial charge in [0.05, 0.1) is 17.7 Å². The lowest BCUT2D eigenvalue weighted by Gasteiger charge is -2.47. The number of benzene rings is 1. The van der Waals surface area contributed by atoms with Gasteiger partial charge in [-0.2, -0.15) is 0 Å². The van der Waals surface area contributed by atoms with Crippen LogP contribution in [0.4, 0.5) is 18.3 Å². The number of halogens is 3. The summed E-state index contributed by atoms with van der Waals surface area (Å²) in [6.45, 7) is 3.00. The molecule has 3 aliphatic heterocycles. The molecule has 4 unspecified atom stereocenters. The fourth-order valence-corrected chi connectivity index (χ4v) is 8.03. The Labute approximate surface area is 258 Å². The second-order valence-electron chi connectivity index (χ2n) is 12.2. The van der Waals surface area contributed by atoms with E-state index in [1.807, 2.05) is 0 Å². The number of carbonyl (C=O) groups excluding carboxylic acids is 3. The van der Waals surface area contributed by atoms with Gasteiger partial charge >= 0.3 is 0 Å². The van der Waals surface area contributed by atoms with Gasteiger partial charge in [0.15, 0.2) is 22.9 Å². The number of nitrogens with one attached hydrogen (secondary N) is 1. The monoisotopic (exact) mass is 631 g/mol. The van der Waals surface area contributed by atoms with E-state index in [1.165, 1.54) is 28.4 Å². The first kappa shape index (κ1) is 30.9. The maximum absolute atomic E-state index is 15.5. The molecule has 0 bridgehead atoms. The Morgan fingerprint density at radius 3 is 2.61 bits per heavy atom. The van der Waals surface area contributed by atoms with E-state index >= 15 is 4.39 Å². The summed E-state index contributed by atoms with van der Waals surface area (Å²) < 4.78 is 49.0. The fraction of sp³-hybridized carbons (Fsp3) is 0.548. The number of ketones is 1. The molecule has 6 rings (SSSR count). The largest absolute Gasteiger partial charge is 0.367 e. The van der Waals surface area contributed by atoms with Crippen molar-refractivity contribution in [2.75, 3.05) is 51.3 Å². The molecule has 3 saturated heterocycles. The van der Waals surface area contributed by atoms with Crippen molar-refractivity contribution in [3.8, 4) is 11.3 Å². The zero-order valence-electron chi connectivity index (χ0n) is 24.5. The summed E-state index contributed by atoms with van der Waals surface area (Å²) in [6, 6.07) is 3.05. The summed E-state index contributed by atoms with van der Waals surface area (Å²) in [7, 11) is 2.07. The van der Waals surface area contributed by atoms with E-state index in [2.05, 4.69) is 27.1 Å². The lowest BCUT2D eigenvalue weighted by molar-refractivity contribution is -0.133. The molecule has 4 aliphatic rings. The number of aldehydes is 1.